The van der Waals surface area contributed by atoms with E-state index in [1.807, 2.05) is 12.1 Å². The highest BCUT2D eigenvalue weighted by atomic mass is 35.5. The van der Waals surface area contributed by atoms with Gasteiger partial charge in [0.2, 0.25) is 0 Å². The number of alkyl carbamates (subject to hydrolysis) is 1. The molecule has 29 heavy (non-hydrogen) atoms. The molecule has 0 fully saturated rings. The summed E-state index contributed by atoms with van der Waals surface area (Å²) in [6, 6.07) is 11.7. The summed E-state index contributed by atoms with van der Waals surface area (Å²) >= 11 is 11.0. The first-order chi connectivity index (χ1) is 14.0. The largest absolute Gasteiger partial charge is 0.450 e. The van der Waals surface area contributed by atoms with Crippen LogP contribution in [-0.2, 0) is 4.74 Å². The van der Waals surface area contributed by atoms with Crippen LogP contribution in [0.2, 0.25) is 5.02 Å². The fourth-order valence-electron chi connectivity index (χ4n) is 2.55. The summed E-state index contributed by atoms with van der Waals surface area (Å²) in [5.74, 6) is -0.0387. The van der Waals surface area contributed by atoms with Gasteiger partial charge in [-0.2, -0.15) is 0 Å². The Morgan fingerprint density at radius 1 is 1.21 bits per heavy atom. The molecule has 6 nitrogen and oxygen atoms in total. The molecular weight excluding hydrogens is 415 g/mol. The lowest BCUT2D eigenvalue weighted by molar-refractivity contribution is 0.158. The molecule has 148 valence electrons. The number of benzene rings is 1. The Morgan fingerprint density at radius 2 is 2.00 bits per heavy atom. The van der Waals surface area contributed by atoms with Gasteiger partial charge in [0, 0.05) is 29.1 Å². The molecule has 3 aromatic rings. The number of hydrogen-bond acceptors (Lipinski definition) is 5. The van der Waals surface area contributed by atoms with Gasteiger partial charge < -0.3 is 10.1 Å². The van der Waals surface area contributed by atoms with Crippen molar-refractivity contribution in [2.45, 2.75) is 6.92 Å². The second kappa shape index (κ2) is 9.40. The zero-order chi connectivity index (χ0) is 20.8. The molecule has 0 unspecified atom stereocenters. The van der Waals surface area contributed by atoms with Gasteiger partial charge in [-0.25, -0.2) is 14.2 Å². The molecule has 0 radical (unpaired) electrons. The van der Waals surface area contributed by atoms with E-state index in [-0.39, 0.29) is 16.7 Å². The first-order valence-corrected chi connectivity index (χ1v) is 9.38. The number of halogens is 2. The lowest BCUT2D eigenvalue weighted by Crippen LogP contribution is -2.34. The number of anilines is 1. The van der Waals surface area contributed by atoms with Gasteiger partial charge in [0.15, 0.2) is 5.11 Å². The SMILES string of the molecule is CCOC(=O)NC(=S)Nc1ccc(-c2cccnc2-c2ccc(F)c(Cl)c2)cn1. The van der Waals surface area contributed by atoms with Gasteiger partial charge in [-0.1, -0.05) is 17.7 Å². The van der Waals surface area contributed by atoms with Gasteiger partial charge in [-0.05, 0) is 55.5 Å². The predicted octanol–water partition coefficient (Wildman–Crippen LogP) is 5.05. The maximum absolute atomic E-state index is 13.5. The summed E-state index contributed by atoms with van der Waals surface area (Å²) in [6.07, 6.45) is 2.65. The quantitative estimate of drug-likeness (QED) is 0.564. The number of carbonyl (C=O) groups is 1. The molecular formula is C20H16ClFN4O2S. The van der Waals surface area contributed by atoms with E-state index in [2.05, 4.69) is 20.6 Å². The van der Waals surface area contributed by atoms with E-state index in [1.54, 1.807) is 37.5 Å². The third kappa shape index (κ3) is 5.24. The van der Waals surface area contributed by atoms with E-state index < -0.39 is 11.9 Å². The van der Waals surface area contributed by atoms with Crippen molar-refractivity contribution < 1.29 is 13.9 Å². The van der Waals surface area contributed by atoms with Crippen LogP contribution in [0.25, 0.3) is 22.4 Å². The summed E-state index contributed by atoms with van der Waals surface area (Å²) in [7, 11) is 0. The number of nitrogens with zero attached hydrogens (tertiary/aromatic N) is 2. The molecule has 0 spiro atoms. The summed E-state index contributed by atoms with van der Waals surface area (Å²) in [5.41, 5.74) is 2.94. The molecule has 0 aliphatic carbocycles. The number of thiocarbonyl (C=S) groups is 1. The summed E-state index contributed by atoms with van der Waals surface area (Å²) < 4.78 is 18.3. The van der Waals surface area contributed by atoms with Crippen LogP contribution in [-0.4, -0.2) is 27.8 Å². The molecule has 0 aliphatic rings. The van der Waals surface area contributed by atoms with Crippen LogP contribution in [0.15, 0.2) is 54.9 Å². The summed E-state index contributed by atoms with van der Waals surface area (Å²) in [4.78, 5) is 20.1. The van der Waals surface area contributed by atoms with Crippen LogP contribution in [0.4, 0.5) is 15.0 Å². The highest BCUT2D eigenvalue weighted by molar-refractivity contribution is 7.80. The van der Waals surface area contributed by atoms with E-state index in [9.17, 15) is 9.18 Å². The molecule has 0 aliphatic heterocycles. The van der Waals surface area contributed by atoms with Crippen LogP contribution in [0, 0.1) is 5.82 Å². The zero-order valence-corrected chi connectivity index (χ0v) is 16.9. The number of amides is 1. The minimum Gasteiger partial charge on any atom is -0.450 e. The molecule has 2 heterocycles. The van der Waals surface area contributed by atoms with E-state index in [0.29, 0.717) is 17.1 Å². The van der Waals surface area contributed by atoms with Crippen molar-refractivity contribution in [2.75, 3.05) is 11.9 Å². The van der Waals surface area contributed by atoms with Crippen LogP contribution in [0.5, 0.6) is 0 Å². The minimum absolute atomic E-state index is 0.0272. The first kappa shape index (κ1) is 20.6. The van der Waals surface area contributed by atoms with Crippen LogP contribution in [0.3, 0.4) is 0 Å². The Hall–Kier alpha value is -3.10. The van der Waals surface area contributed by atoms with Crippen molar-refractivity contribution >= 4 is 40.8 Å². The molecule has 2 N–H and O–H groups in total. The molecule has 9 heteroatoms. The second-order valence-corrected chi connectivity index (χ2v) is 6.58. The molecule has 0 bridgehead atoms. The monoisotopic (exact) mass is 430 g/mol. The van der Waals surface area contributed by atoms with Gasteiger partial charge in [0.1, 0.15) is 11.6 Å². The standard InChI is InChI=1S/C20H16ClFN4O2S/c1-2-28-20(27)26-19(29)25-17-8-6-13(11-24-17)14-4-3-9-23-18(14)12-5-7-16(22)15(21)10-12/h3-11H,2H2,1H3,(H2,24,25,26,27,29). The number of ether oxygens (including phenoxy) is 1. The Bertz CT molecular complexity index is 1050. The molecule has 0 atom stereocenters. The van der Waals surface area contributed by atoms with Crippen molar-refractivity contribution in [1.29, 1.82) is 0 Å². The van der Waals surface area contributed by atoms with E-state index in [1.165, 1.54) is 12.1 Å². The summed E-state index contributed by atoms with van der Waals surface area (Å²) in [5, 5.41) is 5.29. The van der Waals surface area contributed by atoms with Gasteiger partial charge in [-0.3, -0.25) is 10.3 Å². The van der Waals surface area contributed by atoms with Crippen LogP contribution < -0.4 is 10.6 Å². The number of pyridine rings is 2. The van der Waals surface area contributed by atoms with Gasteiger partial charge in [0.05, 0.1) is 17.3 Å². The third-order valence-corrected chi connectivity index (χ3v) is 4.30. The van der Waals surface area contributed by atoms with E-state index in [4.69, 9.17) is 28.6 Å². The van der Waals surface area contributed by atoms with Crippen molar-refractivity contribution in [3.63, 3.8) is 0 Å². The number of aromatic nitrogens is 2. The van der Waals surface area contributed by atoms with Gasteiger partial charge >= 0.3 is 6.09 Å². The van der Waals surface area contributed by atoms with E-state index in [0.717, 1.165) is 11.1 Å². The fraction of sp³-hybridized carbons (Fsp3) is 0.100. The molecule has 1 aromatic carbocycles. The van der Waals surface area contributed by atoms with Crippen LogP contribution >= 0.6 is 23.8 Å². The molecule has 2 aromatic heterocycles. The van der Waals surface area contributed by atoms with E-state index >= 15 is 0 Å². The van der Waals surface area contributed by atoms with Crippen molar-refractivity contribution in [3.8, 4) is 22.4 Å². The molecule has 0 saturated carbocycles. The van der Waals surface area contributed by atoms with Gasteiger partial charge in [0.25, 0.3) is 0 Å². The Kier molecular flexibility index (Phi) is 6.69. The lowest BCUT2D eigenvalue weighted by Gasteiger charge is -2.11. The topological polar surface area (TPSA) is 76.1 Å². The fourth-order valence-corrected chi connectivity index (χ4v) is 2.91. The highest BCUT2D eigenvalue weighted by Crippen LogP contribution is 2.32. The Morgan fingerprint density at radius 3 is 2.69 bits per heavy atom. The first-order valence-electron chi connectivity index (χ1n) is 8.59. The second-order valence-electron chi connectivity index (χ2n) is 5.76. The Labute approximate surface area is 177 Å². The molecule has 1 amide bonds. The van der Waals surface area contributed by atoms with Crippen molar-refractivity contribution in [2.24, 2.45) is 0 Å². The average molecular weight is 431 g/mol. The normalized spacial score (nSPS) is 10.3. The zero-order valence-electron chi connectivity index (χ0n) is 15.3. The average Bonchev–Trinajstić information content (AvgIpc) is 2.71. The van der Waals surface area contributed by atoms with Crippen LogP contribution in [0.1, 0.15) is 6.92 Å². The third-order valence-electron chi connectivity index (χ3n) is 3.81. The van der Waals surface area contributed by atoms with Crippen molar-refractivity contribution in [3.05, 3.63) is 65.7 Å². The summed E-state index contributed by atoms with van der Waals surface area (Å²) in [6.45, 7) is 1.94. The highest BCUT2D eigenvalue weighted by Gasteiger charge is 2.12. The number of nitrogens with one attached hydrogen (secondary N) is 2. The number of rotatable bonds is 4. The maximum atomic E-state index is 13.5. The minimum atomic E-state index is -0.639. The smallest absolute Gasteiger partial charge is 0.413 e. The maximum Gasteiger partial charge on any atom is 0.413 e. The number of hydrogen-bond donors (Lipinski definition) is 2. The Balaban J connectivity index is 1.81. The number of carbonyl (C=O) groups excluding carboxylic acids is 1. The molecule has 3 rings (SSSR count). The van der Waals surface area contributed by atoms with Gasteiger partial charge in [-0.15, -0.1) is 0 Å². The van der Waals surface area contributed by atoms with Crippen molar-refractivity contribution in [1.82, 2.24) is 15.3 Å². The predicted molar refractivity (Wildman–Crippen MR) is 114 cm³/mol. The lowest BCUT2D eigenvalue weighted by atomic mass is 10.0. The molecule has 0 saturated heterocycles.